The molecule has 0 aromatic carbocycles. The Morgan fingerprint density at radius 2 is 2.00 bits per heavy atom. The van der Waals surface area contributed by atoms with Gasteiger partial charge >= 0.3 is 0 Å². The van der Waals surface area contributed by atoms with Crippen LogP contribution in [0.15, 0.2) is 10.9 Å². The van der Waals surface area contributed by atoms with Crippen molar-refractivity contribution < 1.29 is 9.59 Å². The number of hydrogen-bond donors (Lipinski definition) is 1. The number of pyridine rings is 1. The first-order valence-electron chi connectivity index (χ1n) is 8.39. The van der Waals surface area contributed by atoms with Gasteiger partial charge in [0, 0.05) is 30.3 Å². The summed E-state index contributed by atoms with van der Waals surface area (Å²) >= 11 is 0. The second-order valence-corrected chi connectivity index (χ2v) is 7.69. The second-order valence-electron chi connectivity index (χ2n) is 7.69. The van der Waals surface area contributed by atoms with E-state index in [0.29, 0.717) is 30.6 Å². The number of Topliss-reactive ketones (excluding diaryl/α,β-unsaturated/α-hetero) is 1. The molecule has 3 rings (SSSR count). The van der Waals surface area contributed by atoms with Crippen molar-refractivity contribution in [3.8, 4) is 0 Å². The third kappa shape index (κ3) is 2.96. The average Bonchev–Trinajstić information content (AvgIpc) is 2.45. The molecule has 5 heteroatoms. The highest BCUT2D eigenvalue weighted by atomic mass is 16.2. The number of carbonyl (C=O) groups excluding carboxylic acids is 2. The summed E-state index contributed by atoms with van der Waals surface area (Å²) in [5.41, 5.74) is 0.749. The molecule has 1 aromatic heterocycles. The molecular weight excluding hydrogens is 292 g/mol. The van der Waals surface area contributed by atoms with Crippen molar-refractivity contribution in [2.45, 2.75) is 58.9 Å². The highest BCUT2D eigenvalue weighted by Crippen LogP contribution is 2.33. The van der Waals surface area contributed by atoms with Crippen LogP contribution in [0.4, 0.5) is 0 Å². The van der Waals surface area contributed by atoms with E-state index in [1.165, 1.54) is 6.07 Å². The van der Waals surface area contributed by atoms with E-state index in [1.807, 2.05) is 20.8 Å². The van der Waals surface area contributed by atoms with Crippen molar-refractivity contribution in [1.82, 2.24) is 9.88 Å². The number of nitrogens with one attached hydrogen (secondary N) is 1. The first kappa shape index (κ1) is 16.0. The Morgan fingerprint density at radius 3 is 2.70 bits per heavy atom. The summed E-state index contributed by atoms with van der Waals surface area (Å²) in [5.74, 6) is -0.243. The van der Waals surface area contributed by atoms with Crippen molar-refractivity contribution in [1.29, 1.82) is 0 Å². The van der Waals surface area contributed by atoms with Crippen LogP contribution in [-0.2, 0) is 6.42 Å². The van der Waals surface area contributed by atoms with E-state index in [0.717, 1.165) is 19.3 Å². The fraction of sp³-hybridized carbons (Fsp3) is 0.611. The first-order valence-corrected chi connectivity index (χ1v) is 8.39. The summed E-state index contributed by atoms with van der Waals surface area (Å²) in [4.78, 5) is 42.1. The van der Waals surface area contributed by atoms with Crippen LogP contribution in [0.1, 0.15) is 72.9 Å². The highest BCUT2D eigenvalue weighted by molar-refractivity contribution is 6.02. The van der Waals surface area contributed by atoms with Gasteiger partial charge in [-0.3, -0.25) is 14.4 Å². The minimum absolute atomic E-state index is 0.00763. The van der Waals surface area contributed by atoms with Crippen molar-refractivity contribution in [2.75, 3.05) is 6.54 Å². The third-order valence-electron chi connectivity index (χ3n) is 5.01. The van der Waals surface area contributed by atoms with Gasteiger partial charge in [0.1, 0.15) is 5.56 Å². The molecule has 0 bridgehead atoms. The molecule has 1 saturated heterocycles. The summed E-state index contributed by atoms with van der Waals surface area (Å²) in [6.07, 6.45) is 4.13. The van der Waals surface area contributed by atoms with Gasteiger partial charge in [0.2, 0.25) is 0 Å². The van der Waals surface area contributed by atoms with Crippen LogP contribution in [0.2, 0.25) is 0 Å². The van der Waals surface area contributed by atoms with Gasteiger partial charge in [0.25, 0.3) is 11.5 Å². The van der Waals surface area contributed by atoms with Gasteiger partial charge in [-0.2, -0.15) is 0 Å². The van der Waals surface area contributed by atoms with E-state index in [-0.39, 0.29) is 34.3 Å². The molecule has 1 unspecified atom stereocenters. The van der Waals surface area contributed by atoms with Crippen LogP contribution < -0.4 is 5.56 Å². The van der Waals surface area contributed by atoms with E-state index in [9.17, 15) is 14.4 Å². The molecule has 1 aromatic rings. The summed E-state index contributed by atoms with van der Waals surface area (Å²) in [5, 5.41) is 0. The Bertz CT molecular complexity index is 717. The predicted molar refractivity (Wildman–Crippen MR) is 87.8 cm³/mol. The Kier molecular flexibility index (Phi) is 3.90. The molecule has 1 atom stereocenters. The fourth-order valence-corrected chi connectivity index (χ4v) is 3.74. The Hall–Kier alpha value is -1.91. The van der Waals surface area contributed by atoms with Crippen LogP contribution in [0.3, 0.4) is 0 Å². The minimum Gasteiger partial charge on any atom is -0.336 e. The standard InChI is InChI=1S/C18H24N2O3/c1-11-6-4-5-7-20(11)17(23)13-8-12-14(19-16(13)22)9-18(2,3)10-15(12)21/h8,11H,4-7,9-10H2,1-3H3,(H,19,22). The van der Waals surface area contributed by atoms with E-state index >= 15 is 0 Å². The number of rotatable bonds is 1. The SMILES string of the molecule is CC1CCCCN1C(=O)c1cc2c([nH]c1=O)CC(C)(C)CC2=O. The zero-order valence-electron chi connectivity index (χ0n) is 14.1. The van der Waals surface area contributed by atoms with Crippen LogP contribution in [-0.4, -0.2) is 34.2 Å². The number of aromatic nitrogens is 1. The number of nitrogens with zero attached hydrogens (tertiary/aromatic N) is 1. The normalized spacial score (nSPS) is 23.5. The van der Waals surface area contributed by atoms with Gasteiger partial charge in [-0.05, 0) is 44.1 Å². The molecule has 1 aliphatic carbocycles. The molecule has 1 N–H and O–H groups in total. The largest absolute Gasteiger partial charge is 0.336 e. The maximum absolute atomic E-state index is 12.7. The lowest BCUT2D eigenvalue weighted by Gasteiger charge is -2.34. The molecule has 2 aliphatic rings. The van der Waals surface area contributed by atoms with Crippen LogP contribution in [0.25, 0.3) is 0 Å². The molecule has 5 nitrogen and oxygen atoms in total. The Balaban J connectivity index is 1.99. The summed E-state index contributed by atoms with van der Waals surface area (Å²) in [6, 6.07) is 1.66. The summed E-state index contributed by atoms with van der Waals surface area (Å²) in [6.45, 7) is 6.72. The number of carbonyl (C=O) groups is 2. The van der Waals surface area contributed by atoms with Crippen molar-refractivity contribution in [3.05, 3.63) is 33.2 Å². The van der Waals surface area contributed by atoms with Gasteiger partial charge in [-0.25, -0.2) is 0 Å². The van der Waals surface area contributed by atoms with Crippen molar-refractivity contribution in [3.63, 3.8) is 0 Å². The van der Waals surface area contributed by atoms with Crippen molar-refractivity contribution >= 4 is 11.7 Å². The summed E-state index contributed by atoms with van der Waals surface area (Å²) in [7, 11) is 0. The predicted octanol–water partition coefficient (Wildman–Crippen LogP) is 2.54. The number of likely N-dealkylation sites (tertiary alicyclic amines) is 1. The first-order chi connectivity index (χ1) is 10.8. The van der Waals surface area contributed by atoms with Gasteiger partial charge in [0.15, 0.2) is 5.78 Å². The summed E-state index contributed by atoms with van der Waals surface area (Å²) < 4.78 is 0. The van der Waals surface area contributed by atoms with Crippen molar-refractivity contribution in [2.24, 2.45) is 5.41 Å². The van der Waals surface area contributed by atoms with Gasteiger partial charge in [0.05, 0.1) is 0 Å². The maximum atomic E-state index is 12.7. The number of hydrogen-bond acceptors (Lipinski definition) is 3. The molecule has 1 aliphatic heterocycles. The van der Waals surface area contributed by atoms with E-state index in [2.05, 4.69) is 4.98 Å². The molecule has 0 spiro atoms. The molecular formula is C18H24N2O3. The number of aromatic amines is 1. The number of amides is 1. The zero-order valence-corrected chi connectivity index (χ0v) is 14.1. The number of ketones is 1. The molecule has 1 amide bonds. The number of H-pyrrole nitrogens is 1. The second kappa shape index (κ2) is 5.62. The molecule has 2 heterocycles. The highest BCUT2D eigenvalue weighted by Gasteiger charge is 2.34. The van der Waals surface area contributed by atoms with Gasteiger partial charge in [-0.1, -0.05) is 13.8 Å². The monoisotopic (exact) mass is 316 g/mol. The van der Waals surface area contributed by atoms with Gasteiger partial charge < -0.3 is 9.88 Å². The van der Waals surface area contributed by atoms with Crippen LogP contribution in [0.5, 0.6) is 0 Å². The van der Waals surface area contributed by atoms with E-state index in [4.69, 9.17) is 0 Å². The number of fused-ring (bicyclic) bond motifs is 1. The molecule has 124 valence electrons. The molecule has 0 saturated carbocycles. The van der Waals surface area contributed by atoms with Crippen LogP contribution in [0, 0.1) is 5.41 Å². The lowest BCUT2D eigenvalue weighted by atomic mass is 9.75. The Labute approximate surface area is 136 Å². The van der Waals surface area contributed by atoms with E-state index in [1.54, 1.807) is 4.90 Å². The molecule has 1 fully saturated rings. The smallest absolute Gasteiger partial charge is 0.261 e. The Morgan fingerprint density at radius 1 is 1.26 bits per heavy atom. The third-order valence-corrected chi connectivity index (χ3v) is 5.01. The lowest BCUT2D eigenvalue weighted by molar-refractivity contribution is 0.0633. The van der Waals surface area contributed by atoms with Gasteiger partial charge in [-0.15, -0.1) is 0 Å². The van der Waals surface area contributed by atoms with Crippen LogP contribution >= 0.6 is 0 Å². The molecule has 0 radical (unpaired) electrons. The molecule has 23 heavy (non-hydrogen) atoms. The topological polar surface area (TPSA) is 70.2 Å². The van der Waals surface area contributed by atoms with E-state index < -0.39 is 0 Å². The number of piperidine rings is 1. The minimum atomic E-state index is -0.378. The lowest BCUT2D eigenvalue weighted by Crippen LogP contribution is -2.44. The zero-order chi connectivity index (χ0) is 16.8. The quantitative estimate of drug-likeness (QED) is 0.865. The maximum Gasteiger partial charge on any atom is 0.261 e. The average molecular weight is 316 g/mol. The fourth-order valence-electron chi connectivity index (χ4n) is 3.74.